The molecule has 2 rings (SSSR count). The Labute approximate surface area is 105 Å². The van der Waals surface area contributed by atoms with Crippen molar-refractivity contribution < 1.29 is 19.8 Å². The quantitative estimate of drug-likeness (QED) is 0.833. The van der Waals surface area contributed by atoms with E-state index >= 15 is 0 Å². The highest BCUT2D eigenvalue weighted by Crippen LogP contribution is 2.43. The van der Waals surface area contributed by atoms with E-state index < -0.39 is 23.9 Å². The maximum atomic E-state index is 12.1. The Hall–Kier alpha value is -1.88. The van der Waals surface area contributed by atoms with E-state index in [2.05, 4.69) is 0 Å². The number of benzene rings is 1. The van der Waals surface area contributed by atoms with Gasteiger partial charge >= 0.3 is 5.97 Å². The van der Waals surface area contributed by atoms with Gasteiger partial charge in [0.05, 0.1) is 12.1 Å². The van der Waals surface area contributed by atoms with Gasteiger partial charge in [-0.05, 0) is 12.0 Å². The summed E-state index contributed by atoms with van der Waals surface area (Å²) < 4.78 is 0. The molecular weight excluding hydrogens is 234 g/mol. The van der Waals surface area contributed by atoms with E-state index in [4.69, 9.17) is 5.11 Å². The third kappa shape index (κ3) is 1.59. The number of nitrogens with zero attached hydrogens (tertiary/aromatic N) is 1. The first-order valence-corrected chi connectivity index (χ1v) is 5.76. The van der Waals surface area contributed by atoms with Crippen LogP contribution < -0.4 is 4.90 Å². The van der Waals surface area contributed by atoms with Gasteiger partial charge in [-0.25, -0.2) is 0 Å². The van der Waals surface area contributed by atoms with Crippen LogP contribution in [0.15, 0.2) is 18.2 Å². The van der Waals surface area contributed by atoms with Crippen molar-refractivity contribution in [2.75, 3.05) is 11.9 Å². The average molecular weight is 249 g/mol. The lowest BCUT2D eigenvalue weighted by Gasteiger charge is -2.19. The van der Waals surface area contributed by atoms with Crippen molar-refractivity contribution in [3.63, 3.8) is 0 Å². The number of aryl methyl sites for hydroxylation is 1. The molecule has 1 atom stereocenters. The minimum Gasteiger partial charge on any atom is -0.481 e. The van der Waals surface area contributed by atoms with Crippen LogP contribution in [0.1, 0.15) is 24.5 Å². The van der Waals surface area contributed by atoms with Crippen LogP contribution in [0, 0.1) is 0 Å². The first-order chi connectivity index (χ1) is 8.41. The fourth-order valence-electron chi connectivity index (χ4n) is 2.49. The van der Waals surface area contributed by atoms with Crippen molar-refractivity contribution >= 4 is 17.6 Å². The van der Waals surface area contributed by atoms with Crippen molar-refractivity contribution in [2.45, 2.75) is 25.4 Å². The molecule has 2 N–H and O–H groups in total. The first kappa shape index (κ1) is 12.6. The molecule has 5 nitrogen and oxygen atoms in total. The number of hydrogen-bond acceptors (Lipinski definition) is 3. The Bertz CT molecular complexity index is 526. The van der Waals surface area contributed by atoms with Crippen molar-refractivity contribution in [2.24, 2.45) is 0 Å². The molecule has 0 aromatic heterocycles. The second-order valence-electron chi connectivity index (χ2n) is 4.46. The zero-order valence-corrected chi connectivity index (χ0v) is 10.3. The summed E-state index contributed by atoms with van der Waals surface area (Å²) in [5, 5.41) is 19.3. The van der Waals surface area contributed by atoms with Crippen LogP contribution in [0.25, 0.3) is 0 Å². The van der Waals surface area contributed by atoms with E-state index in [1.54, 1.807) is 19.2 Å². The number of aliphatic carboxylic acids is 1. The van der Waals surface area contributed by atoms with Crippen LogP contribution in [0.5, 0.6) is 0 Å². The minimum absolute atomic E-state index is 0.386. The van der Waals surface area contributed by atoms with Crippen molar-refractivity contribution in [3.05, 3.63) is 29.3 Å². The Morgan fingerprint density at radius 2 is 2.11 bits per heavy atom. The molecule has 1 aromatic rings. The third-order valence-corrected chi connectivity index (χ3v) is 3.35. The van der Waals surface area contributed by atoms with Gasteiger partial charge < -0.3 is 15.1 Å². The van der Waals surface area contributed by atoms with E-state index in [1.165, 1.54) is 4.90 Å². The van der Waals surface area contributed by atoms with E-state index in [-0.39, 0.29) is 0 Å². The number of hydrogen-bond donors (Lipinski definition) is 2. The summed E-state index contributed by atoms with van der Waals surface area (Å²) in [6, 6.07) is 5.21. The van der Waals surface area contributed by atoms with Crippen molar-refractivity contribution in [1.29, 1.82) is 0 Å². The maximum absolute atomic E-state index is 12.1. The van der Waals surface area contributed by atoms with Crippen LogP contribution in [-0.2, 0) is 21.6 Å². The molecule has 0 fully saturated rings. The molecule has 1 heterocycles. The minimum atomic E-state index is -1.94. The van der Waals surface area contributed by atoms with E-state index in [0.29, 0.717) is 17.7 Å². The predicted octanol–water partition coefficient (Wildman–Crippen LogP) is 0.888. The number of rotatable bonds is 3. The number of carboxylic acids is 1. The van der Waals surface area contributed by atoms with Crippen LogP contribution in [0.4, 0.5) is 5.69 Å². The smallest absolute Gasteiger partial charge is 0.307 e. The highest BCUT2D eigenvalue weighted by Gasteiger charge is 2.50. The number of carbonyl (C=O) groups is 2. The van der Waals surface area contributed by atoms with Gasteiger partial charge in [-0.1, -0.05) is 25.1 Å². The van der Waals surface area contributed by atoms with Crippen LogP contribution in [0.3, 0.4) is 0 Å². The molecule has 0 radical (unpaired) electrons. The number of fused-ring (bicyclic) bond motifs is 1. The zero-order chi connectivity index (χ0) is 13.5. The van der Waals surface area contributed by atoms with Gasteiger partial charge in [0, 0.05) is 12.6 Å². The first-order valence-electron chi connectivity index (χ1n) is 5.76. The van der Waals surface area contributed by atoms with Gasteiger partial charge in [-0.2, -0.15) is 0 Å². The van der Waals surface area contributed by atoms with Crippen LogP contribution in [0.2, 0.25) is 0 Å². The molecule has 1 unspecified atom stereocenters. The second-order valence-corrected chi connectivity index (χ2v) is 4.46. The zero-order valence-electron chi connectivity index (χ0n) is 10.3. The molecular formula is C13H15NO4. The molecule has 1 aliphatic heterocycles. The summed E-state index contributed by atoms with van der Waals surface area (Å²) in [7, 11) is 1.56. The molecule has 1 aromatic carbocycles. The van der Waals surface area contributed by atoms with E-state index in [1.807, 2.05) is 13.0 Å². The molecule has 96 valence electrons. The van der Waals surface area contributed by atoms with E-state index in [0.717, 1.165) is 5.56 Å². The molecule has 18 heavy (non-hydrogen) atoms. The summed E-state index contributed by atoms with van der Waals surface area (Å²) in [6.45, 7) is 1.95. The van der Waals surface area contributed by atoms with Gasteiger partial charge in [0.25, 0.3) is 5.91 Å². The molecule has 0 saturated heterocycles. The molecule has 0 spiro atoms. The molecule has 0 saturated carbocycles. The summed E-state index contributed by atoms with van der Waals surface area (Å²) in [5.74, 6) is -1.78. The van der Waals surface area contributed by atoms with Gasteiger partial charge in [-0.15, -0.1) is 0 Å². The Morgan fingerprint density at radius 3 is 2.67 bits per heavy atom. The topological polar surface area (TPSA) is 77.8 Å². The normalized spacial score (nSPS) is 22.2. The maximum Gasteiger partial charge on any atom is 0.307 e. The van der Waals surface area contributed by atoms with E-state index in [9.17, 15) is 14.7 Å². The summed E-state index contributed by atoms with van der Waals surface area (Å²) in [5.41, 5.74) is -0.00339. The monoisotopic (exact) mass is 249 g/mol. The van der Waals surface area contributed by atoms with Gasteiger partial charge in [0.15, 0.2) is 5.60 Å². The average Bonchev–Trinajstić information content (AvgIpc) is 2.51. The molecule has 0 aliphatic carbocycles. The second kappa shape index (κ2) is 4.10. The van der Waals surface area contributed by atoms with Gasteiger partial charge in [0.2, 0.25) is 0 Å². The lowest BCUT2D eigenvalue weighted by molar-refractivity contribution is -0.150. The number of anilines is 1. The SMILES string of the molecule is CCc1cccc2c1N(C)C(=O)C2(O)CC(=O)O. The number of amides is 1. The lowest BCUT2D eigenvalue weighted by atomic mass is 9.90. The summed E-state index contributed by atoms with van der Waals surface area (Å²) in [4.78, 5) is 24.3. The summed E-state index contributed by atoms with van der Waals surface area (Å²) in [6.07, 6.45) is 0.0975. The van der Waals surface area contributed by atoms with Crippen molar-refractivity contribution in [1.82, 2.24) is 0 Å². The number of carbonyl (C=O) groups excluding carboxylic acids is 1. The summed E-state index contributed by atoms with van der Waals surface area (Å²) >= 11 is 0. The fraction of sp³-hybridized carbons (Fsp3) is 0.385. The largest absolute Gasteiger partial charge is 0.481 e. The van der Waals surface area contributed by atoms with Gasteiger partial charge in [0.1, 0.15) is 0 Å². The lowest BCUT2D eigenvalue weighted by Crippen LogP contribution is -2.40. The Balaban J connectivity index is 2.63. The molecule has 1 aliphatic rings. The van der Waals surface area contributed by atoms with Gasteiger partial charge in [-0.3, -0.25) is 9.59 Å². The third-order valence-electron chi connectivity index (χ3n) is 3.35. The molecule has 0 bridgehead atoms. The Morgan fingerprint density at radius 1 is 1.44 bits per heavy atom. The molecule has 5 heteroatoms. The van der Waals surface area contributed by atoms with Crippen molar-refractivity contribution in [3.8, 4) is 0 Å². The highest BCUT2D eigenvalue weighted by atomic mass is 16.4. The van der Waals surface area contributed by atoms with Crippen LogP contribution >= 0.6 is 0 Å². The predicted molar refractivity (Wildman–Crippen MR) is 65.4 cm³/mol. The van der Waals surface area contributed by atoms with Crippen LogP contribution in [-0.4, -0.2) is 29.1 Å². The fourth-order valence-corrected chi connectivity index (χ4v) is 2.49. The highest BCUT2D eigenvalue weighted by molar-refractivity contribution is 6.08. The number of likely N-dealkylation sites (N-methyl/N-ethyl adjacent to an activating group) is 1. The number of para-hydroxylation sites is 1. The number of carboxylic acid groups (broad SMARTS) is 1. The molecule has 1 amide bonds. The number of aliphatic hydroxyl groups is 1. The Kier molecular flexibility index (Phi) is 2.86. The standard InChI is InChI=1S/C13H15NO4/c1-3-8-5-4-6-9-11(8)14(2)12(17)13(9,18)7-10(15)16/h4-6,18H,3,7H2,1-2H3,(H,15,16).